The van der Waals surface area contributed by atoms with Crippen molar-refractivity contribution < 1.29 is 23.0 Å². The van der Waals surface area contributed by atoms with E-state index in [9.17, 15) is 13.6 Å². The van der Waals surface area contributed by atoms with Crippen molar-refractivity contribution in [1.29, 1.82) is 0 Å². The molecule has 0 spiro atoms. The van der Waals surface area contributed by atoms with Gasteiger partial charge in [-0.1, -0.05) is 0 Å². The standard InChI is InChI=1S/C13H18F2N2O3/c1-2-19-10-3-5-11(6-4-10)20-7-12(18)17-9-13(14,15)8-16/h3-6H,2,7-9,16H2,1H3,(H,17,18). The fourth-order valence-corrected chi connectivity index (χ4v) is 1.30. The largest absolute Gasteiger partial charge is 0.494 e. The molecule has 0 aliphatic carbocycles. The predicted molar refractivity (Wildman–Crippen MR) is 70.1 cm³/mol. The summed E-state index contributed by atoms with van der Waals surface area (Å²) < 4.78 is 36.0. The van der Waals surface area contributed by atoms with Gasteiger partial charge in [0.1, 0.15) is 11.5 Å². The van der Waals surface area contributed by atoms with E-state index >= 15 is 0 Å². The molecular formula is C13H18F2N2O3. The second-order valence-corrected chi connectivity index (χ2v) is 4.03. The van der Waals surface area contributed by atoms with Gasteiger partial charge in [0.15, 0.2) is 6.61 Å². The zero-order chi connectivity index (χ0) is 15.0. The fraction of sp³-hybridized carbons (Fsp3) is 0.462. The van der Waals surface area contributed by atoms with Crippen molar-refractivity contribution in [1.82, 2.24) is 5.32 Å². The summed E-state index contributed by atoms with van der Waals surface area (Å²) in [6.07, 6.45) is 0. The summed E-state index contributed by atoms with van der Waals surface area (Å²) >= 11 is 0. The number of benzene rings is 1. The van der Waals surface area contributed by atoms with Crippen LogP contribution in [0.4, 0.5) is 8.78 Å². The van der Waals surface area contributed by atoms with Gasteiger partial charge >= 0.3 is 0 Å². The monoisotopic (exact) mass is 288 g/mol. The maximum absolute atomic E-state index is 12.8. The molecule has 7 heteroatoms. The Morgan fingerprint density at radius 1 is 1.25 bits per heavy atom. The highest BCUT2D eigenvalue weighted by Gasteiger charge is 2.27. The third-order valence-corrected chi connectivity index (χ3v) is 2.35. The number of rotatable bonds is 8. The van der Waals surface area contributed by atoms with Gasteiger partial charge in [-0.05, 0) is 31.2 Å². The molecule has 0 saturated carbocycles. The summed E-state index contributed by atoms with van der Waals surface area (Å²) in [4.78, 5) is 11.3. The van der Waals surface area contributed by atoms with E-state index in [0.29, 0.717) is 18.1 Å². The molecule has 0 bridgehead atoms. The van der Waals surface area contributed by atoms with Crippen molar-refractivity contribution in [2.75, 3.05) is 26.3 Å². The Hall–Kier alpha value is -1.89. The molecule has 1 amide bonds. The lowest BCUT2D eigenvalue weighted by atomic mass is 10.3. The zero-order valence-corrected chi connectivity index (χ0v) is 11.2. The Morgan fingerprint density at radius 3 is 2.30 bits per heavy atom. The van der Waals surface area contributed by atoms with Crippen molar-refractivity contribution in [2.45, 2.75) is 12.8 Å². The van der Waals surface area contributed by atoms with Gasteiger partial charge in [0.05, 0.1) is 19.7 Å². The number of amides is 1. The van der Waals surface area contributed by atoms with E-state index in [1.807, 2.05) is 6.92 Å². The van der Waals surface area contributed by atoms with E-state index in [1.165, 1.54) is 0 Å². The number of carbonyl (C=O) groups excluding carboxylic acids is 1. The SMILES string of the molecule is CCOc1ccc(OCC(=O)NCC(F)(F)CN)cc1. The molecule has 112 valence electrons. The lowest BCUT2D eigenvalue weighted by molar-refractivity contribution is -0.124. The summed E-state index contributed by atoms with van der Waals surface area (Å²) in [6.45, 7) is 0.473. The first-order chi connectivity index (χ1) is 9.46. The van der Waals surface area contributed by atoms with Crippen LogP contribution in [0.25, 0.3) is 0 Å². The van der Waals surface area contributed by atoms with Crippen LogP contribution in [0.3, 0.4) is 0 Å². The molecule has 0 fully saturated rings. The van der Waals surface area contributed by atoms with Crippen molar-refractivity contribution in [2.24, 2.45) is 5.73 Å². The highest BCUT2D eigenvalue weighted by Crippen LogP contribution is 2.17. The maximum Gasteiger partial charge on any atom is 0.277 e. The van der Waals surface area contributed by atoms with Crippen LogP contribution in [-0.4, -0.2) is 38.1 Å². The smallest absolute Gasteiger partial charge is 0.277 e. The molecule has 0 radical (unpaired) electrons. The lowest BCUT2D eigenvalue weighted by Gasteiger charge is -2.14. The van der Waals surface area contributed by atoms with E-state index in [4.69, 9.17) is 15.2 Å². The molecular weight excluding hydrogens is 270 g/mol. The summed E-state index contributed by atoms with van der Waals surface area (Å²) in [7, 11) is 0. The average Bonchev–Trinajstić information content (AvgIpc) is 2.45. The van der Waals surface area contributed by atoms with Crippen LogP contribution in [0.1, 0.15) is 6.92 Å². The van der Waals surface area contributed by atoms with Gasteiger partial charge in [-0.15, -0.1) is 0 Å². The number of halogens is 2. The van der Waals surface area contributed by atoms with E-state index in [-0.39, 0.29) is 6.61 Å². The molecule has 1 aromatic rings. The number of hydrogen-bond donors (Lipinski definition) is 2. The van der Waals surface area contributed by atoms with Crippen LogP contribution in [0.2, 0.25) is 0 Å². The molecule has 5 nitrogen and oxygen atoms in total. The molecule has 0 unspecified atom stereocenters. The highest BCUT2D eigenvalue weighted by atomic mass is 19.3. The lowest BCUT2D eigenvalue weighted by Crippen LogP contribution is -2.42. The Labute approximate surface area is 116 Å². The van der Waals surface area contributed by atoms with Crippen LogP contribution in [0.15, 0.2) is 24.3 Å². The zero-order valence-electron chi connectivity index (χ0n) is 11.2. The Kier molecular flexibility index (Phi) is 6.17. The number of nitrogens with two attached hydrogens (primary N) is 1. The predicted octanol–water partition coefficient (Wildman–Crippen LogP) is 1.17. The first-order valence-corrected chi connectivity index (χ1v) is 6.17. The van der Waals surface area contributed by atoms with Gasteiger partial charge in [-0.3, -0.25) is 4.79 Å². The minimum atomic E-state index is -3.10. The maximum atomic E-state index is 12.8. The minimum Gasteiger partial charge on any atom is -0.494 e. The second-order valence-electron chi connectivity index (χ2n) is 4.03. The van der Waals surface area contributed by atoms with Crippen molar-refractivity contribution >= 4 is 5.91 Å². The quantitative estimate of drug-likeness (QED) is 0.753. The topological polar surface area (TPSA) is 73.6 Å². The first kappa shape index (κ1) is 16.2. The number of nitrogens with one attached hydrogen (secondary N) is 1. The highest BCUT2D eigenvalue weighted by molar-refractivity contribution is 5.77. The van der Waals surface area contributed by atoms with Gasteiger partial charge in [-0.2, -0.15) is 0 Å². The van der Waals surface area contributed by atoms with E-state index < -0.39 is 24.9 Å². The van der Waals surface area contributed by atoms with Gasteiger partial charge in [0, 0.05) is 0 Å². The summed E-state index contributed by atoms with van der Waals surface area (Å²) in [6, 6.07) is 6.65. The fourth-order valence-electron chi connectivity index (χ4n) is 1.30. The minimum absolute atomic E-state index is 0.339. The number of carbonyl (C=O) groups is 1. The molecule has 3 N–H and O–H groups in total. The van der Waals surface area contributed by atoms with Gasteiger partial charge in [-0.25, -0.2) is 8.78 Å². The van der Waals surface area contributed by atoms with Crippen molar-refractivity contribution in [3.05, 3.63) is 24.3 Å². The summed E-state index contributed by atoms with van der Waals surface area (Å²) in [5, 5.41) is 2.06. The molecule has 20 heavy (non-hydrogen) atoms. The normalized spacial score (nSPS) is 11.0. The molecule has 0 aliphatic rings. The van der Waals surface area contributed by atoms with Crippen LogP contribution in [0.5, 0.6) is 11.5 Å². The summed E-state index contributed by atoms with van der Waals surface area (Å²) in [5.41, 5.74) is 4.85. The van der Waals surface area contributed by atoms with Crippen molar-refractivity contribution in [3.63, 3.8) is 0 Å². The Morgan fingerprint density at radius 2 is 1.80 bits per heavy atom. The Balaban J connectivity index is 2.33. The second kappa shape index (κ2) is 7.64. The molecule has 0 heterocycles. The third kappa shape index (κ3) is 5.83. The van der Waals surface area contributed by atoms with E-state index in [1.54, 1.807) is 24.3 Å². The first-order valence-electron chi connectivity index (χ1n) is 6.17. The molecule has 0 saturated heterocycles. The van der Waals surface area contributed by atoms with Crippen LogP contribution in [0, 0.1) is 0 Å². The van der Waals surface area contributed by atoms with Gasteiger partial charge < -0.3 is 20.5 Å². The number of ether oxygens (including phenoxy) is 2. The van der Waals surface area contributed by atoms with E-state index in [0.717, 1.165) is 0 Å². The Bertz CT molecular complexity index is 424. The summed E-state index contributed by atoms with van der Waals surface area (Å²) in [5.74, 6) is -2.59. The molecule has 0 atom stereocenters. The van der Waals surface area contributed by atoms with Crippen LogP contribution < -0.4 is 20.5 Å². The average molecular weight is 288 g/mol. The molecule has 0 aromatic heterocycles. The van der Waals surface area contributed by atoms with Crippen LogP contribution in [-0.2, 0) is 4.79 Å². The third-order valence-electron chi connectivity index (χ3n) is 2.35. The van der Waals surface area contributed by atoms with Gasteiger partial charge in [0.2, 0.25) is 0 Å². The molecule has 1 aromatic carbocycles. The van der Waals surface area contributed by atoms with Crippen molar-refractivity contribution in [3.8, 4) is 11.5 Å². The van der Waals surface area contributed by atoms with E-state index in [2.05, 4.69) is 5.32 Å². The molecule has 1 rings (SSSR count). The number of alkyl halides is 2. The van der Waals surface area contributed by atoms with Gasteiger partial charge in [0.25, 0.3) is 11.8 Å². The number of hydrogen-bond acceptors (Lipinski definition) is 4. The molecule has 0 aliphatic heterocycles. The van der Waals surface area contributed by atoms with Crippen LogP contribution >= 0.6 is 0 Å².